The van der Waals surface area contributed by atoms with Gasteiger partial charge in [0.25, 0.3) is 0 Å². The summed E-state index contributed by atoms with van der Waals surface area (Å²) < 4.78 is 49.6. The summed E-state index contributed by atoms with van der Waals surface area (Å²) in [4.78, 5) is 0. The zero-order valence-electron chi connectivity index (χ0n) is 18.5. The van der Waals surface area contributed by atoms with Crippen LogP contribution in [0.4, 0.5) is 18.9 Å². The molecule has 0 aliphatic heterocycles. The van der Waals surface area contributed by atoms with Crippen molar-refractivity contribution in [2.75, 3.05) is 18.5 Å². The third kappa shape index (κ3) is 5.83. The van der Waals surface area contributed by atoms with Crippen LogP contribution in [0.1, 0.15) is 20.8 Å². The molecule has 0 amide bonds. The number of hydrogen-bond donors (Lipinski definition) is 1. The highest BCUT2D eigenvalue weighted by Crippen LogP contribution is 2.36. The molecule has 4 nitrogen and oxygen atoms in total. The lowest BCUT2D eigenvalue weighted by atomic mass is 10.2. The molecular weight excluding hydrogens is 421 g/mol. The second kappa shape index (κ2) is 8.59. The molecule has 2 aromatic carbocycles. The van der Waals surface area contributed by atoms with E-state index in [2.05, 4.69) is 43.9 Å². The van der Waals surface area contributed by atoms with Crippen molar-refractivity contribution in [1.82, 2.24) is 4.57 Å². The molecule has 0 spiro atoms. The molecular formula is C23H29F3N2O2Si. The number of alkyl halides is 3. The number of ether oxygens (including phenoxy) is 1. The van der Waals surface area contributed by atoms with Crippen LogP contribution >= 0.6 is 0 Å². The van der Waals surface area contributed by atoms with Crippen molar-refractivity contribution < 1.29 is 22.3 Å². The molecule has 8 heteroatoms. The van der Waals surface area contributed by atoms with Gasteiger partial charge < -0.3 is 19.0 Å². The first kappa shape index (κ1) is 23.2. The van der Waals surface area contributed by atoms with Gasteiger partial charge in [-0.3, -0.25) is 0 Å². The summed E-state index contributed by atoms with van der Waals surface area (Å²) in [6.45, 7) is 12.5. The molecule has 168 valence electrons. The molecule has 0 bridgehead atoms. The zero-order chi connectivity index (χ0) is 22.9. The summed E-state index contributed by atoms with van der Waals surface area (Å²) in [5, 5.41) is 4.55. The standard InChI is InChI=1S/C23H29F3N2O2Si/c1-22(2,3)31(4,5)29-14-12-27-18-9-10-21-17(15-18)11-13-28(21)19-7-6-8-20(16-19)30-23(24,25)26/h6-11,13,15-16,27H,12,14H2,1-5H3. The molecule has 0 saturated heterocycles. The predicted octanol–water partition coefficient (Wildman–Crippen LogP) is 6.96. The number of fused-ring (bicyclic) bond motifs is 1. The summed E-state index contributed by atoms with van der Waals surface area (Å²) in [5.74, 6) is -0.244. The Morgan fingerprint density at radius 3 is 2.42 bits per heavy atom. The molecule has 1 aromatic heterocycles. The molecule has 1 N–H and O–H groups in total. The van der Waals surface area contributed by atoms with Crippen LogP contribution in [0.25, 0.3) is 16.6 Å². The van der Waals surface area contributed by atoms with E-state index < -0.39 is 14.7 Å². The highest BCUT2D eigenvalue weighted by molar-refractivity contribution is 6.74. The van der Waals surface area contributed by atoms with Crippen LogP contribution in [-0.2, 0) is 4.43 Å². The normalized spacial score (nSPS) is 12.9. The number of nitrogens with zero attached hydrogens (tertiary/aromatic N) is 1. The van der Waals surface area contributed by atoms with Crippen molar-refractivity contribution in [3.8, 4) is 11.4 Å². The topological polar surface area (TPSA) is 35.4 Å². The molecule has 3 rings (SSSR count). The monoisotopic (exact) mass is 450 g/mol. The minimum Gasteiger partial charge on any atom is -0.415 e. The van der Waals surface area contributed by atoms with Crippen LogP contribution in [0.2, 0.25) is 18.1 Å². The van der Waals surface area contributed by atoms with Gasteiger partial charge in [0.15, 0.2) is 8.32 Å². The van der Waals surface area contributed by atoms with Gasteiger partial charge in [0.2, 0.25) is 0 Å². The molecule has 1 heterocycles. The Balaban J connectivity index is 1.69. The van der Waals surface area contributed by atoms with Gasteiger partial charge in [-0.1, -0.05) is 26.8 Å². The number of nitrogens with one attached hydrogen (secondary N) is 1. The Bertz CT molecular complexity index is 1040. The fraction of sp³-hybridized carbons (Fsp3) is 0.391. The van der Waals surface area contributed by atoms with Crippen LogP contribution in [0, 0.1) is 0 Å². The summed E-state index contributed by atoms with van der Waals surface area (Å²) in [7, 11) is -1.76. The minimum absolute atomic E-state index is 0.178. The molecule has 0 fully saturated rings. The van der Waals surface area contributed by atoms with Crippen LogP contribution in [0.5, 0.6) is 5.75 Å². The lowest BCUT2D eigenvalue weighted by molar-refractivity contribution is -0.274. The van der Waals surface area contributed by atoms with Gasteiger partial charge in [-0.05, 0) is 54.5 Å². The first-order valence-corrected chi connectivity index (χ1v) is 13.1. The number of aromatic nitrogens is 1. The smallest absolute Gasteiger partial charge is 0.415 e. The first-order valence-electron chi connectivity index (χ1n) is 10.2. The van der Waals surface area contributed by atoms with Crippen molar-refractivity contribution in [1.29, 1.82) is 0 Å². The Kier molecular flexibility index (Phi) is 6.43. The van der Waals surface area contributed by atoms with Crippen molar-refractivity contribution >= 4 is 24.9 Å². The van der Waals surface area contributed by atoms with Crippen molar-refractivity contribution in [3.05, 3.63) is 54.7 Å². The van der Waals surface area contributed by atoms with E-state index in [0.717, 1.165) is 16.6 Å². The number of rotatable bonds is 7. The first-order chi connectivity index (χ1) is 14.4. The van der Waals surface area contributed by atoms with Gasteiger partial charge in [0.05, 0.1) is 12.1 Å². The third-order valence-electron chi connectivity index (χ3n) is 5.72. The Hall–Kier alpha value is -2.45. The second-order valence-corrected chi connectivity index (χ2v) is 13.8. The van der Waals surface area contributed by atoms with E-state index in [-0.39, 0.29) is 10.8 Å². The maximum atomic E-state index is 12.5. The maximum Gasteiger partial charge on any atom is 0.573 e. The van der Waals surface area contributed by atoms with E-state index in [0.29, 0.717) is 18.8 Å². The minimum atomic E-state index is -4.72. The molecule has 0 atom stereocenters. The van der Waals surface area contributed by atoms with Gasteiger partial charge in [-0.2, -0.15) is 0 Å². The maximum absolute atomic E-state index is 12.5. The summed E-state index contributed by atoms with van der Waals surface area (Å²) in [5.41, 5.74) is 2.46. The van der Waals surface area contributed by atoms with Crippen LogP contribution < -0.4 is 10.1 Å². The number of hydrogen-bond acceptors (Lipinski definition) is 3. The third-order valence-corrected chi connectivity index (χ3v) is 10.3. The predicted molar refractivity (Wildman–Crippen MR) is 122 cm³/mol. The van der Waals surface area contributed by atoms with Gasteiger partial charge in [-0.15, -0.1) is 13.2 Å². The Labute approximate surface area is 182 Å². The van der Waals surface area contributed by atoms with Gasteiger partial charge in [0.1, 0.15) is 5.75 Å². The van der Waals surface area contributed by atoms with E-state index in [1.165, 1.54) is 12.1 Å². The van der Waals surface area contributed by atoms with Crippen LogP contribution in [-0.4, -0.2) is 32.4 Å². The lowest BCUT2D eigenvalue weighted by Crippen LogP contribution is -2.41. The van der Waals surface area contributed by atoms with Crippen LogP contribution in [0.3, 0.4) is 0 Å². The van der Waals surface area contributed by atoms with E-state index in [1.807, 2.05) is 35.0 Å². The van der Waals surface area contributed by atoms with E-state index >= 15 is 0 Å². The average molecular weight is 451 g/mol. The fourth-order valence-corrected chi connectivity index (χ4v) is 4.07. The van der Waals surface area contributed by atoms with Crippen LogP contribution in [0.15, 0.2) is 54.7 Å². The fourth-order valence-electron chi connectivity index (χ4n) is 3.03. The molecule has 0 radical (unpaired) electrons. The Morgan fingerprint density at radius 1 is 1.00 bits per heavy atom. The van der Waals surface area contributed by atoms with Gasteiger partial charge in [-0.25, -0.2) is 0 Å². The summed E-state index contributed by atoms with van der Waals surface area (Å²) in [6, 6.07) is 13.8. The highest BCUT2D eigenvalue weighted by Gasteiger charge is 2.36. The molecule has 3 aromatic rings. The Morgan fingerprint density at radius 2 is 1.74 bits per heavy atom. The molecule has 0 saturated carbocycles. The van der Waals surface area contributed by atoms with Crippen molar-refractivity contribution in [2.24, 2.45) is 0 Å². The van der Waals surface area contributed by atoms with E-state index in [1.54, 1.807) is 12.1 Å². The number of anilines is 1. The van der Waals surface area contributed by atoms with Gasteiger partial charge >= 0.3 is 6.36 Å². The summed E-state index contributed by atoms with van der Waals surface area (Å²) in [6.07, 6.45) is -2.88. The van der Waals surface area contributed by atoms with E-state index in [4.69, 9.17) is 4.43 Å². The summed E-state index contributed by atoms with van der Waals surface area (Å²) >= 11 is 0. The lowest BCUT2D eigenvalue weighted by Gasteiger charge is -2.36. The number of benzene rings is 2. The van der Waals surface area contributed by atoms with Gasteiger partial charge in [0, 0.05) is 35.6 Å². The average Bonchev–Trinajstić information content (AvgIpc) is 3.06. The van der Waals surface area contributed by atoms with Crippen molar-refractivity contribution in [3.63, 3.8) is 0 Å². The molecule has 31 heavy (non-hydrogen) atoms. The zero-order valence-corrected chi connectivity index (χ0v) is 19.5. The largest absolute Gasteiger partial charge is 0.573 e. The SMILES string of the molecule is CC(C)(C)[Si](C)(C)OCCNc1ccc2c(ccn2-c2cccc(OC(F)(F)F)c2)c1. The molecule has 0 aliphatic carbocycles. The molecule has 0 aliphatic rings. The quantitative estimate of drug-likeness (QED) is 0.312. The second-order valence-electron chi connectivity index (χ2n) is 9.04. The van der Waals surface area contributed by atoms with Crippen molar-refractivity contribution in [2.45, 2.75) is 45.3 Å². The molecule has 0 unspecified atom stereocenters. The van der Waals surface area contributed by atoms with E-state index in [9.17, 15) is 13.2 Å². The number of halogens is 3. The highest BCUT2D eigenvalue weighted by atomic mass is 28.4.